The molecule has 2 aliphatic heterocycles. The minimum atomic E-state index is 0. The molecule has 0 aromatic heterocycles. The van der Waals surface area contributed by atoms with Crippen molar-refractivity contribution in [1.29, 1.82) is 0 Å². The fraction of sp³-hybridized carbons (Fsp3) is 0.250. The average molecular weight is 689 g/mol. The van der Waals surface area contributed by atoms with Crippen LogP contribution in [0.3, 0.4) is 0 Å². The van der Waals surface area contributed by atoms with Crippen LogP contribution in [0.15, 0.2) is 97.6 Å². The van der Waals surface area contributed by atoms with E-state index in [4.69, 9.17) is 5.11 Å². The van der Waals surface area contributed by atoms with E-state index in [1.165, 1.54) is 31.2 Å². The molecule has 5 nitrogen and oxygen atoms in total. The Balaban J connectivity index is 0.000000242. The normalized spacial score (nSPS) is 13.9. The van der Waals surface area contributed by atoms with E-state index in [0.717, 1.165) is 30.0 Å². The summed E-state index contributed by atoms with van der Waals surface area (Å²) < 4.78 is 0. The maximum Gasteiger partial charge on any atom is 0.115 e. The van der Waals surface area contributed by atoms with Gasteiger partial charge in [-0.3, -0.25) is 0 Å². The van der Waals surface area contributed by atoms with Crippen LogP contribution in [0.2, 0.25) is 0 Å². The molecule has 6 heteroatoms. The quantitative estimate of drug-likeness (QED) is 0.235. The van der Waals surface area contributed by atoms with E-state index >= 15 is 0 Å². The summed E-state index contributed by atoms with van der Waals surface area (Å²) in [7, 11) is 0. The molecule has 1 N–H and O–H groups in total. The number of benzene rings is 3. The Morgan fingerprint density at radius 2 is 1.13 bits per heavy atom. The van der Waals surface area contributed by atoms with Crippen LogP contribution in [-0.4, -0.2) is 28.0 Å². The van der Waals surface area contributed by atoms with Crippen LogP contribution in [0.1, 0.15) is 39.5 Å². The van der Waals surface area contributed by atoms with Gasteiger partial charge in [0.25, 0.3) is 0 Å². The smallest absolute Gasteiger partial charge is 0.115 e. The predicted octanol–water partition coefficient (Wildman–Crippen LogP) is 7.57. The average Bonchev–Trinajstić information content (AvgIpc) is 3.62. The van der Waals surface area contributed by atoms with Crippen LogP contribution in [-0.2, 0) is 21.1 Å². The zero-order valence-electron chi connectivity index (χ0n) is 22.2. The Kier molecular flexibility index (Phi) is 11.8. The standard InChI is InChI=1S/C20H27N4.C12H10O.Pt/c1-3-5-10-21-12-14-23(17-21)19-8-7-9-20(16-19)24-15-13-22(18-24)11-6-4-2;13-12-8-6-11(7-9-12)10-4-2-1-3-5-10;/h7-9,12-15,17-18H,3-6,10-11H2,1-2H3;1-9,13H;/q-3;;. The molecule has 3 aromatic carbocycles. The number of unbranched alkanes of at least 4 members (excludes halogenated alkanes) is 2. The van der Waals surface area contributed by atoms with Gasteiger partial charge in [-0.25, -0.2) is 0 Å². The summed E-state index contributed by atoms with van der Waals surface area (Å²) in [6.45, 7) is 10.9. The molecule has 5 rings (SSSR count). The van der Waals surface area contributed by atoms with Gasteiger partial charge in [0.05, 0.1) is 0 Å². The second kappa shape index (κ2) is 15.3. The Hall–Kier alpha value is -3.17. The SMILES string of the molecule is CCCCN1C=CN(c2[c-]c(N3C=CN(CCCC)[CH-]3)ccc2)[CH-]1.Oc1ccc(-c2ccccc2)cc1.[Pt]. The second-order valence-electron chi connectivity index (χ2n) is 9.16. The van der Waals surface area contributed by atoms with Gasteiger partial charge in [0.15, 0.2) is 0 Å². The van der Waals surface area contributed by atoms with Gasteiger partial charge >= 0.3 is 0 Å². The molecule has 3 aromatic rings. The third-order valence-corrected chi connectivity index (χ3v) is 6.22. The van der Waals surface area contributed by atoms with E-state index in [9.17, 15) is 0 Å². The first kappa shape index (κ1) is 29.4. The molecular formula is C32H37N4OPt-3. The van der Waals surface area contributed by atoms with Crippen LogP contribution in [0.25, 0.3) is 11.1 Å². The van der Waals surface area contributed by atoms with Gasteiger partial charge in [0.2, 0.25) is 0 Å². The fourth-order valence-electron chi connectivity index (χ4n) is 4.05. The molecule has 204 valence electrons. The van der Waals surface area contributed by atoms with Gasteiger partial charge in [0.1, 0.15) is 5.75 Å². The molecule has 0 atom stereocenters. The third-order valence-electron chi connectivity index (χ3n) is 6.22. The Morgan fingerprint density at radius 1 is 0.632 bits per heavy atom. The monoisotopic (exact) mass is 688 g/mol. The molecule has 0 bridgehead atoms. The zero-order valence-corrected chi connectivity index (χ0v) is 24.5. The van der Waals surface area contributed by atoms with Crippen LogP contribution in [0.5, 0.6) is 5.75 Å². The zero-order chi connectivity index (χ0) is 25.9. The van der Waals surface area contributed by atoms with Crippen LogP contribution in [0.4, 0.5) is 11.4 Å². The molecule has 38 heavy (non-hydrogen) atoms. The van der Waals surface area contributed by atoms with Crippen molar-refractivity contribution in [2.75, 3.05) is 22.9 Å². The number of aromatic hydroxyl groups is 1. The topological polar surface area (TPSA) is 33.2 Å². The first-order valence-corrected chi connectivity index (χ1v) is 13.2. The summed E-state index contributed by atoms with van der Waals surface area (Å²) in [6, 6.07) is 27.1. The van der Waals surface area contributed by atoms with Gasteiger partial charge in [-0.15, -0.1) is 29.6 Å². The number of hydrogen-bond acceptors (Lipinski definition) is 5. The van der Waals surface area contributed by atoms with Gasteiger partial charge in [-0.2, -0.15) is 19.4 Å². The third kappa shape index (κ3) is 8.42. The molecule has 0 aliphatic carbocycles. The van der Waals surface area contributed by atoms with E-state index in [1.807, 2.05) is 42.5 Å². The molecule has 0 radical (unpaired) electrons. The number of rotatable bonds is 9. The van der Waals surface area contributed by atoms with Crippen molar-refractivity contribution >= 4 is 11.4 Å². The molecule has 0 amide bonds. The number of phenols is 1. The van der Waals surface area contributed by atoms with Crippen molar-refractivity contribution in [2.24, 2.45) is 0 Å². The summed E-state index contributed by atoms with van der Waals surface area (Å²) in [5, 5.41) is 9.10. The van der Waals surface area contributed by atoms with Crippen molar-refractivity contribution in [2.45, 2.75) is 39.5 Å². The second-order valence-corrected chi connectivity index (χ2v) is 9.16. The van der Waals surface area contributed by atoms with Crippen molar-refractivity contribution < 1.29 is 26.2 Å². The number of phenolic OH excluding ortho intramolecular Hbond substituents is 1. The van der Waals surface area contributed by atoms with E-state index in [0.29, 0.717) is 5.75 Å². The van der Waals surface area contributed by atoms with E-state index < -0.39 is 0 Å². The summed E-state index contributed by atoms with van der Waals surface area (Å²) >= 11 is 0. The molecule has 2 heterocycles. The number of nitrogens with zero attached hydrogens (tertiary/aromatic N) is 4. The number of anilines is 2. The van der Waals surface area contributed by atoms with Crippen LogP contribution >= 0.6 is 0 Å². The summed E-state index contributed by atoms with van der Waals surface area (Å²) in [6.07, 6.45) is 13.3. The Labute approximate surface area is 242 Å². The molecule has 0 saturated heterocycles. The van der Waals surface area contributed by atoms with Gasteiger partial charge in [0, 0.05) is 21.1 Å². The number of hydrogen-bond donors (Lipinski definition) is 1. The summed E-state index contributed by atoms with van der Waals surface area (Å²) in [5.74, 6) is 0.305. The molecule has 0 fully saturated rings. The predicted molar refractivity (Wildman–Crippen MR) is 154 cm³/mol. The maximum atomic E-state index is 9.10. The summed E-state index contributed by atoms with van der Waals surface area (Å²) in [4.78, 5) is 8.73. The van der Waals surface area contributed by atoms with Crippen molar-refractivity contribution in [3.63, 3.8) is 0 Å². The van der Waals surface area contributed by atoms with Gasteiger partial charge in [-0.05, 0) is 74.0 Å². The molecule has 2 aliphatic rings. The van der Waals surface area contributed by atoms with Crippen molar-refractivity contribution in [1.82, 2.24) is 9.80 Å². The molecule has 0 spiro atoms. The van der Waals surface area contributed by atoms with Crippen LogP contribution in [0, 0.1) is 19.4 Å². The molecule has 0 saturated carbocycles. The Morgan fingerprint density at radius 3 is 1.63 bits per heavy atom. The van der Waals surface area contributed by atoms with E-state index in [2.05, 4.69) is 95.8 Å². The van der Waals surface area contributed by atoms with Gasteiger partial charge < -0.3 is 24.7 Å². The van der Waals surface area contributed by atoms with Crippen LogP contribution < -0.4 is 9.80 Å². The first-order chi connectivity index (χ1) is 18.2. The maximum absolute atomic E-state index is 9.10. The first-order valence-electron chi connectivity index (χ1n) is 13.2. The minimum absolute atomic E-state index is 0. The summed E-state index contributed by atoms with van der Waals surface area (Å²) in [5.41, 5.74) is 4.43. The van der Waals surface area contributed by atoms with Crippen molar-refractivity contribution in [3.05, 3.63) is 117 Å². The van der Waals surface area contributed by atoms with E-state index in [-0.39, 0.29) is 21.1 Å². The van der Waals surface area contributed by atoms with E-state index in [1.54, 1.807) is 12.1 Å². The minimum Gasteiger partial charge on any atom is -0.508 e. The molecule has 0 unspecified atom stereocenters. The van der Waals surface area contributed by atoms with Gasteiger partial charge in [-0.1, -0.05) is 69.2 Å². The fourth-order valence-corrected chi connectivity index (χ4v) is 4.05. The molecular weight excluding hydrogens is 651 g/mol. The Bertz CT molecular complexity index is 1100. The largest absolute Gasteiger partial charge is 0.508 e. The van der Waals surface area contributed by atoms with Crippen molar-refractivity contribution in [3.8, 4) is 16.9 Å².